The molecule has 0 saturated heterocycles. The molecule has 0 bridgehead atoms. The highest BCUT2D eigenvalue weighted by Crippen LogP contribution is 2.33. The van der Waals surface area contributed by atoms with Gasteiger partial charge in [0.15, 0.2) is 0 Å². The predicted molar refractivity (Wildman–Crippen MR) is 131 cm³/mol. The Morgan fingerprint density at radius 3 is 1.21 bits per heavy atom. The summed E-state index contributed by atoms with van der Waals surface area (Å²) in [5.41, 5.74) is 0. The maximum absolute atomic E-state index is 10.3. The predicted octanol–water partition coefficient (Wildman–Crippen LogP) is 4.48. The van der Waals surface area contributed by atoms with E-state index in [1.807, 2.05) is 84.9 Å². The Kier molecular flexibility index (Phi) is 8.22. The Hall–Kier alpha value is -3.74. The molecule has 0 radical (unpaired) electrons. The summed E-state index contributed by atoms with van der Waals surface area (Å²) in [6, 6.07) is 30.0. The minimum Gasteiger partial charge on any atom is -0.491 e. The van der Waals surface area contributed by atoms with E-state index >= 15 is 0 Å². The van der Waals surface area contributed by atoms with Gasteiger partial charge in [-0.1, -0.05) is 60.7 Å². The standard InChI is InChI=1S/C28H28O6/c29-21(17-31-23-9-3-1-4-10-23)19-33-27-15-16-28(26-14-8-7-13-25(26)27)34-20-22(30)18-32-24-11-5-2-6-12-24/h1-16,21-22,29-30H,17-20H2. The summed E-state index contributed by atoms with van der Waals surface area (Å²) in [6.07, 6.45) is -1.57. The molecular weight excluding hydrogens is 432 g/mol. The first-order valence-corrected chi connectivity index (χ1v) is 11.2. The lowest BCUT2D eigenvalue weighted by Crippen LogP contribution is -2.25. The molecule has 0 saturated carbocycles. The summed E-state index contributed by atoms with van der Waals surface area (Å²) >= 11 is 0. The molecule has 2 N–H and O–H groups in total. The minimum atomic E-state index is -0.783. The van der Waals surface area contributed by atoms with E-state index in [0.717, 1.165) is 10.8 Å². The van der Waals surface area contributed by atoms with Crippen molar-refractivity contribution in [3.05, 3.63) is 97.1 Å². The van der Waals surface area contributed by atoms with Gasteiger partial charge in [0.1, 0.15) is 61.6 Å². The van der Waals surface area contributed by atoms with Crippen molar-refractivity contribution in [3.8, 4) is 23.0 Å². The Morgan fingerprint density at radius 1 is 0.441 bits per heavy atom. The van der Waals surface area contributed by atoms with E-state index in [4.69, 9.17) is 18.9 Å². The number of aliphatic hydroxyl groups is 2. The van der Waals surface area contributed by atoms with Gasteiger partial charge in [-0.05, 0) is 36.4 Å². The van der Waals surface area contributed by atoms with E-state index in [1.165, 1.54) is 0 Å². The van der Waals surface area contributed by atoms with Crippen molar-refractivity contribution in [2.24, 2.45) is 0 Å². The second-order valence-electron chi connectivity index (χ2n) is 7.79. The fraction of sp³-hybridized carbons (Fsp3) is 0.214. The zero-order valence-corrected chi connectivity index (χ0v) is 18.7. The molecule has 4 aromatic carbocycles. The van der Waals surface area contributed by atoms with E-state index < -0.39 is 12.2 Å². The van der Waals surface area contributed by atoms with Gasteiger partial charge in [0.05, 0.1) is 0 Å². The van der Waals surface area contributed by atoms with Crippen LogP contribution in [0.2, 0.25) is 0 Å². The zero-order chi connectivity index (χ0) is 23.6. The second-order valence-corrected chi connectivity index (χ2v) is 7.79. The smallest absolute Gasteiger partial charge is 0.127 e. The van der Waals surface area contributed by atoms with Gasteiger partial charge in [-0.2, -0.15) is 0 Å². The summed E-state index contributed by atoms with van der Waals surface area (Å²) < 4.78 is 22.9. The van der Waals surface area contributed by atoms with Gasteiger partial charge in [0.2, 0.25) is 0 Å². The topological polar surface area (TPSA) is 77.4 Å². The molecule has 6 nitrogen and oxygen atoms in total. The van der Waals surface area contributed by atoms with Gasteiger partial charge in [-0.25, -0.2) is 0 Å². The van der Waals surface area contributed by atoms with Crippen LogP contribution in [-0.2, 0) is 0 Å². The molecule has 0 aliphatic heterocycles. The Labute approximate surface area is 198 Å². The fourth-order valence-corrected chi connectivity index (χ4v) is 3.38. The highest BCUT2D eigenvalue weighted by Gasteiger charge is 2.13. The Bertz CT molecular complexity index is 1060. The van der Waals surface area contributed by atoms with Crippen molar-refractivity contribution in [1.82, 2.24) is 0 Å². The Balaban J connectivity index is 1.32. The van der Waals surface area contributed by atoms with Crippen molar-refractivity contribution in [3.63, 3.8) is 0 Å². The highest BCUT2D eigenvalue weighted by molar-refractivity contribution is 5.93. The van der Waals surface area contributed by atoms with Crippen molar-refractivity contribution in [1.29, 1.82) is 0 Å². The third kappa shape index (κ3) is 6.63. The molecular formula is C28H28O6. The van der Waals surface area contributed by atoms with Crippen LogP contribution < -0.4 is 18.9 Å². The van der Waals surface area contributed by atoms with E-state index in [0.29, 0.717) is 23.0 Å². The van der Waals surface area contributed by atoms with Crippen LogP contribution in [-0.4, -0.2) is 48.8 Å². The lowest BCUT2D eigenvalue weighted by atomic mass is 10.1. The monoisotopic (exact) mass is 460 g/mol. The van der Waals surface area contributed by atoms with Crippen LogP contribution >= 0.6 is 0 Å². The van der Waals surface area contributed by atoms with E-state index in [2.05, 4.69) is 0 Å². The van der Waals surface area contributed by atoms with Crippen molar-refractivity contribution in [2.75, 3.05) is 26.4 Å². The van der Waals surface area contributed by atoms with E-state index in [-0.39, 0.29) is 26.4 Å². The highest BCUT2D eigenvalue weighted by atomic mass is 16.5. The molecule has 0 heterocycles. The normalized spacial score (nSPS) is 12.6. The van der Waals surface area contributed by atoms with Gasteiger partial charge in [-0.3, -0.25) is 0 Å². The van der Waals surface area contributed by atoms with Crippen LogP contribution in [0.5, 0.6) is 23.0 Å². The molecule has 176 valence electrons. The van der Waals surface area contributed by atoms with Crippen LogP contribution in [0.4, 0.5) is 0 Å². The van der Waals surface area contributed by atoms with Crippen LogP contribution in [0, 0.1) is 0 Å². The molecule has 4 rings (SSSR count). The average Bonchev–Trinajstić information content (AvgIpc) is 2.89. The maximum atomic E-state index is 10.3. The quantitative estimate of drug-likeness (QED) is 0.325. The number of hydrogen-bond donors (Lipinski definition) is 2. The number of hydrogen-bond acceptors (Lipinski definition) is 6. The molecule has 0 aliphatic carbocycles. The number of rotatable bonds is 12. The summed E-state index contributed by atoms with van der Waals surface area (Å²) in [7, 11) is 0. The lowest BCUT2D eigenvalue weighted by molar-refractivity contribution is 0.0622. The maximum Gasteiger partial charge on any atom is 0.127 e. The first-order chi connectivity index (χ1) is 16.7. The molecule has 0 spiro atoms. The molecule has 0 amide bonds. The SMILES string of the molecule is OC(COc1ccccc1)COc1ccc(OCC(O)COc2ccccc2)c2ccccc12. The number of aliphatic hydroxyl groups excluding tert-OH is 2. The van der Waals surface area contributed by atoms with Crippen molar-refractivity contribution < 1.29 is 29.2 Å². The zero-order valence-electron chi connectivity index (χ0n) is 18.7. The third-order valence-corrected chi connectivity index (χ3v) is 5.08. The summed E-state index contributed by atoms with van der Waals surface area (Å²) in [4.78, 5) is 0. The van der Waals surface area contributed by atoms with Crippen LogP contribution in [0.25, 0.3) is 10.8 Å². The molecule has 4 aromatic rings. The fourth-order valence-electron chi connectivity index (χ4n) is 3.38. The second kappa shape index (κ2) is 11.9. The first-order valence-electron chi connectivity index (χ1n) is 11.2. The van der Waals surface area contributed by atoms with E-state index in [9.17, 15) is 10.2 Å². The van der Waals surface area contributed by atoms with Gasteiger partial charge in [-0.15, -0.1) is 0 Å². The van der Waals surface area contributed by atoms with Crippen molar-refractivity contribution >= 4 is 10.8 Å². The molecule has 6 heteroatoms. The van der Waals surface area contributed by atoms with Crippen LogP contribution in [0.1, 0.15) is 0 Å². The van der Waals surface area contributed by atoms with Crippen LogP contribution in [0.3, 0.4) is 0 Å². The molecule has 0 fully saturated rings. The van der Waals surface area contributed by atoms with Gasteiger partial charge < -0.3 is 29.2 Å². The number of fused-ring (bicyclic) bond motifs is 1. The van der Waals surface area contributed by atoms with Gasteiger partial charge >= 0.3 is 0 Å². The molecule has 34 heavy (non-hydrogen) atoms. The molecule has 2 atom stereocenters. The minimum absolute atomic E-state index is 0.0899. The number of benzene rings is 4. The van der Waals surface area contributed by atoms with Crippen molar-refractivity contribution in [2.45, 2.75) is 12.2 Å². The third-order valence-electron chi connectivity index (χ3n) is 5.08. The average molecular weight is 461 g/mol. The molecule has 2 unspecified atom stereocenters. The lowest BCUT2D eigenvalue weighted by Gasteiger charge is -2.17. The summed E-state index contributed by atoms with van der Waals surface area (Å²) in [5, 5.41) is 22.2. The largest absolute Gasteiger partial charge is 0.491 e. The number of para-hydroxylation sites is 2. The van der Waals surface area contributed by atoms with Gasteiger partial charge in [0, 0.05) is 10.8 Å². The summed E-state index contributed by atoms with van der Waals surface area (Å²) in [6.45, 7) is 0.442. The molecule has 0 aliphatic rings. The van der Waals surface area contributed by atoms with E-state index in [1.54, 1.807) is 12.1 Å². The number of ether oxygens (including phenoxy) is 4. The molecule has 0 aromatic heterocycles. The van der Waals surface area contributed by atoms with Gasteiger partial charge in [0.25, 0.3) is 0 Å². The first kappa shape index (κ1) is 23.4. The summed E-state index contributed by atoms with van der Waals surface area (Å²) in [5.74, 6) is 2.67. The van der Waals surface area contributed by atoms with Crippen LogP contribution in [0.15, 0.2) is 97.1 Å². The Morgan fingerprint density at radius 2 is 0.794 bits per heavy atom.